The number of rotatable bonds is 21. The third-order valence-corrected chi connectivity index (χ3v) is 13.8. The third-order valence-electron chi connectivity index (χ3n) is 10.6. The van der Waals surface area contributed by atoms with Gasteiger partial charge in [-0.15, -0.1) is 0 Å². The molecular formula is C43H58N3O9PS. The number of likely N-dealkylation sites (tertiary alicyclic amines) is 1. The molecule has 14 heteroatoms. The summed E-state index contributed by atoms with van der Waals surface area (Å²) in [4.78, 5) is 44.4. The van der Waals surface area contributed by atoms with E-state index in [0.717, 1.165) is 31.1 Å². The van der Waals surface area contributed by atoms with Crippen LogP contribution in [0.5, 0.6) is 11.5 Å². The highest BCUT2D eigenvalue weighted by Crippen LogP contribution is 2.53. The number of ether oxygens (including phenoxy) is 1. The van der Waals surface area contributed by atoms with Gasteiger partial charge in [-0.1, -0.05) is 99.8 Å². The lowest BCUT2D eigenvalue weighted by Crippen LogP contribution is -2.57. The molecule has 2 fully saturated rings. The maximum absolute atomic E-state index is 14.7. The van der Waals surface area contributed by atoms with Gasteiger partial charge in [-0.2, -0.15) is 0 Å². The van der Waals surface area contributed by atoms with Gasteiger partial charge in [-0.3, -0.25) is 14.4 Å². The molecule has 3 aromatic carbocycles. The lowest BCUT2D eigenvalue weighted by molar-refractivity contribution is -0.144. The summed E-state index contributed by atoms with van der Waals surface area (Å²) in [5.74, 6) is -3.15. The summed E-state index contributed by atoms with van der Waals surface area (Å²) < 4.78 is 65.5. The molecule has 3 unspecified atom stereocenters. The van der Waals surface area contributed by atoms with E-state index in [-0.39, 0.29) is 37.5 Å². The number of sulfone groups is 1. The van der Waals surface area contributed by atoms with Crippen molar-refractivity contribution in [3.8, 4) is 11.5 Å². The van der Waals surface area contributed by atoms with Crippen molar-refractivity contribution in [3.05, 3.63) is 96.6 Å². The molecule has 0 spiro atoms. The minimum atomic E-state index is -4.14. The summed E-state index contributed by atoms with van der Waals surface area (Å²) in [6, 6.07) is 24.4. The fraction of sp³-hybridized carbons (Fsp3) is 0.512. The first kappa shape index (κ1) is 42.4. The number of hydrogen-bond acceptors (Lipinski definition) is 9. The molecule has 0 bridgehead atoms. The van der Waals surface area contributed by atoms with E-state index in [0.29, 0.717) is 56.8 Å². The molecule has 310 valence electrons. The molecule has 5 rings (SSSR count). The van der Waals surface area contributed by atoms with Crippen molar-refractivity contribution in [3.63, 3.8) is 0 Å². The Balaban J connectivity index is 1.32. The smallest absolute Gasteiger partial charge is 0.415 e. The quantitative estimate of drug-likeness (QED) is 0.0832. The molecule has 2 N–H and O–H groups in total. The molecule has 2 aliphatic rings. The number of nitrogens with one attached hydrogen (secondary N) is 2. The number of unbranched alkanes of at least 4 members (excludes halogenated alkanes) is 1. The molecule has 1 aliphatic heterocycles. The zero-order chi connectivity index (χ0) is 41.5. The predicted molar refractivity (Wildman–Crippen MR) is 220 cm³/mol. The third kappa shape index (κ3) is 12.9. The lowest BCUT2D eigenvalue weighted by atomic mass is 9.84. The van der Waals surface area contributed by atoms with E-state index in [2.05, 4.69) is 10.6 Å². The molecule has 1 aliphatic carbocycles. The average molecular weight is 825 g/mol. The molecule has 1 saturated carbocycles. The summed E-state index contributed by atoms with van der Waals surface area (Å²) in [6.07, 6.45) is 6.36. The SMILES string of the molecule is [2H]C[C@@H](CCCCOCc1ccccc1)C(=O)N[C@@H](CCS(C)(=O)=O)C(=O)N1C2CCCCC2C[C@H]1C(=O)NC(CC)P(=O)(Oc1ccccc1)Oc1ccccc1. The van der Waals surface area contributed by atoms with Crippen LogP contribution in [-0.2, 0) is 40.1 Å². The predicted octanol–water partition coefficient (Wildman–Crippen LogP) is 7.29. The van der Waals surface area contributed by atoms with Gasteiger partial charge in [0.1, 0.15) is 33.4 Å². The van der Waals surface area contributed by atoms with Crippen molar-refractivity contribution in [2.75, 3.05) is 18.6 Å². The Labute approximate surface area is 339 Å². The Morgan fingerprint density at radius 3 is 2.09 bits per heavy atom. The van der Waals surface area contributed by atoms with E-state index in [1.165, 1.54) is 0 Å². The monoisotopic (exact) mass is 824 g/mol. The second kappa shape index (κ2) is 21.0. The van der Waals surface area contributed by atoms with E-state index >= 15 is 0 Å². The Morgan fingerprint density at radius 2 is 1.49 bits per heavy atom. The zero-order valence-electron chi connectivity index (χ0n) is 34.0. The fourth-order valence-corrected chi connectivity index (χ4v) is 10.1. The number of hydrogen-bond donors (Lipinski definition) is 2. The molecule has 1 saturated heterocycles. The highest BCUT2D eigenvalue weighted by atomic mass is 32.2. The van der Waals surface area contributed by atoms with Crippen LogP contribution in [0.2, 0.25) is 0 Å². The lowest BCUT2D eigenvalue weighted by Gasteiger charge is -2.36. The highest BCUT2D eigenvalue weighted by molar-refractivity contribution is 7.90. The van der Waals surface area contributed by atoms with Crippen molar-refractivity contribution < 1.29 is 42.5 Å². The molecule has 3 amide bonds. The van der Waals surface area contributed by atoms with Gasteiger partial charge < -0.3 is 29.3 Å². The summed E-state index contributed by atoms with van der Waals surface area (Å²) >= 11 is 0. The van der Waals surface area contributed by atoms with Crippen LogP contribution in [0.4, 0.5) is 0 Å². The van der Waals surface area contributed by atoms with Gasteiger partial charge in [0.15, 0.2) is 5.78 Å². The fourth-order valence-electron chi connectivity index (χ4n) is 7.63. The van der Waals surface area contributed by atoms with Gasteiger partial charge in [0.25, 0.3) is 0 Å². The molecule has 1 heterocycles. The van der Waals surface area contributed by atoms with Crippen molar-refractivity contribution in [1.29, 1.82) is 0 Å². The Morgan fingerprint density at radius 1 is 0.877 bits per heavy atom. The van der Waals surface area contributed by atoms with Gasteiger partial charge in [0, 0.05) is 26.2 Å². The Hall–Kier alpha value is -4.19. The first-order valence-corrected chi connectivity index (χ1v) is 23.7. The van der Waals surface area contributed by atoms with E-state index < -0.39 is 58.9 Å². The van der Waals surface area contributed by atoms with Gasteiger partial charge in [-0.05, 0) is 80.7 Å². The standard InChI is InChI=1S/C43H58N3O9PS/c1-4-40(56(50,54-35-22-10-6-11-23-35)55-36-24-12-7-13-25-36)45-42(48)39-30-34-21-14-15-26-38(34)46(39)43(49)37(27-29-57(3,51)52)44-41(47)32(2)18-16-17-28-53-31-33-19-8-5-9-20-33/h5-13,19-20,22-25,32,34,37-40H,4,14-18,21,26-31H2,1-3H3,(H,44,47)(H,45,48)/t32-,34?,37-,38?,39-,40?/m0/s1/i2D. The van der Waals surface area contributed by atoms with Crippen molar-refractivity contribution in [2.24, 2.45) is 11.8 Å². The van der Waals surface area contributed by atoms with Crippen LogP contribution in [0.1, 0.15) is 85.0 Å². The van der Waals surface area contributed by atoms with Crippen LogP contribution >= 0.6 is 7.60 Å². The number of para-hydroxylation sites is 2. The number of nitrogens with zero attached hydrogens (tertiary/aromatic N) is 1. The summed E-state index contributed by atoms with van der Waals surface area (Å²) in [5, 5.41) is 5.74. The number of carbonyl (C=O) groups is 3. The van der Waals surface area contributed by atoms with Crippen LogP contribution < -0.4 is 19.7 Å². The average Bonchev–Trinajstić information content (AvgIpc) is 3.61. The number of fused-ring (bicyclic) bond motifs is 1. The summed E-state index contributed by atoms with van der Waals surface area (Å²) in [5.41, 5.74) is 1.06. The Bertz CT molecular complexity index is 1880. The molecule has 0 aromatic heterocycles. The molecule has 6 atom stereocenters. The van der Waals surface area contributed by atoms with E-state index in [9.17, 15) is 27.4 Å². The number of amides is 3. The largest absolute Gasteiger partial charge is 0.452 e. The minimum Gasteiger partial charge on any atom is -0.415 e. The van der Waals surface area contributed by atoms with Gasteiger partial charge in [0.2, 0.25) is 17.7 Å². The Kier molecular flexibility index (Phi) is 15.6. The van der Waals surface area contributed by atoms with Crippen molar-refractivity contribution in [1.82, 2.24) is 15.5 Å². The molecule has 3 aromatic rings. The van der Waals surface area contributed by atoms with Crippen LogP contribution in [0.25, 0.3) is 0 Å². The molecular weight excluding hydrogens is 766 g/mol. The van der Waals surface area contributed by atoms with Crippen molar-refractivity contribution >= 4 is 35.2 Å². The van der Waals surface area contributed by atoms with Gasteiger partial charge in [0.05, 0.1) is 12.4 Å². The maximum atomic E-state index is 14.7. The van der Waals surface area contributed by atoms with E-state index in [4.69, 9.17) is 15.2 Å². The maximum Gasteiger partial charge on any atom is 0.452 e. The topological polar surface area (TPSA) is 157 Å². The van der Waals surface area contributed by atoms with Crippen LogP contribution in [0.15, 0.2) is 91.0 Å². The van der Waals surface area contributed by atoms with E-state index in [1.54, 1.807) is 72.5 Å². The molecule has 57 heavy (non-hydrogen) atoms. The van der Waals surface area contributed by atoms with Crippen LogP contribution in [-0.4, -0.2) is 73.6 Å². The normalized spacial score (nSPS) is 20.0. The molecule has 12 nitrogen and oxygen atoms in total. The first-order chi connectivity index (χ1) is 27.9. The summed E-state index contributed by atoms with van der Waals surface area (Å²) in [6.45, 7) is 2.52. The first-order valence-electron chi connectivity index (χ1n) is 20.7. The van der Waals surface area contributed by atoms with Crippen LogP contribution in [0, 0.1) is 11.8 Å². The zero-order valence-corrected chi connectivity index (χ0v) is 34.7. The minimum absolute atomic E-state index is 0.0119. The summed E-state index contributed by atoms with van der Waals surface area (Å²) in [7, 11) is -7.67. The second-order valence-electron chi connectivity index (χ2n) is 15.1. The second-order valence-corrected chi connectivity index (χ2v) is 19.4. The number of carbonyl (C=O) groups excluding carboxylic acids is 3. The molecule has 0 radical (unpaired) electrons. The van der Waals surface area contributed by atoms with Crippen LogP contribution in [0.3, 0.4) is 0 Å². The van der Waals surface area contributed by atoms with Gasteiger partial charge >= 0.3 is 7.60 Å². The number of benzene rings is 3. The van der Waals surface area contributed by atoms with Crippen molar-refractivity contribution in [2.45, 2.75) is 109 Å². The van der Waals surface area contributed by atoms with E-state index in [1.807, 2.05) is 30.3 Å². The highest BCUT2D eigenvalue weighted by Gasteiger charge is 2.50. The van der Waals surface area contributed by atoms with Gasteiger partial charge in [-0.25, -0.2) is 13.0 Å².